The van der Waals surface area contributed by atoms with Gasteiger partial charge in [0.2, 0.25) is 0 Å². The van der Waals surface area contributed by atoms with Crippen LogP contribution >= 0.6 is 0 Å². The lowest BCUT2D eigenvalue weighted by Crippen LogP contribution is -2.30. The molecule has 0 spiro atoms. The second-order valence-corrected chi connectivity index (χ2v) is 6.49. The molecule has 1 saturated heterocycles. The first kappa shape index (κ1) is 13.5. The zero-order valence-corrected chi connectivity index (χ0v) is 11.4. The first-order chi connectivity index (χ1) is 8.52. The predicted octanol–water partition coefficient (Wildman–Crippen LogP) is 1.28. The molecule has 100 valence electrons. The standard InChI is InChI=1S/C13H19NO3S/c1-18(15,16)17-10-8-13(7-9-14-11-13)12-5-3-2-4-6-12/h2-6,14H,7-11H2,1H3. The maximum absolute atomic E-state index is 11.0. The lowest BCUT2D eigenvalue weighted by molar-refractivity contribution is 0.269. The van der Waals surface area contributed by atoms with Crippen LogP contribution in [0.2, 0.25) is 0 Å². The van der Waals surface area contributed by atoms with Gasteiger partial charge in [0.05, 0.1) is 12.9 Å². The van der Waals surface area contributed by atoms with Crippen molar-refractivity contribution in [3.05, 3.63) is 35.9 Å². The zero-order valence-electron chi connectivity index (χ0n) is 10.6. The molecule has 1 aliphatic heterocycles. The molecule has 0 bridgehead atoms. The molecule has 1 aromatic rings. The lowest BCUT2D eigenvalue weighted by Gasteiger charge is -2.28. The Labute approximate surface area is 108 Å². The van der Waals surface area contributed by atoms with Gasteiger partial charge in [-0.05, 0) is 24.9 Å². The average molecular weight is 269 g/mol. The van der Waals surface area contributed by atoms with E-state index in [0.717, 1.165) is 32.2 Å². The number of hydrogen-bond donors (Lipinski definition) is 1. The molecule has 1 fully saturated rings. The van der Waals surface area contributed by atoms with Gasteiger partial charge in [-0.2, -0.15) is 8.42 Å². The van der Waals surface area contributed by atoms with E-state index in [4.69, 9.17) is 4.18 Å². The average Bonchev–Trinajstić information content (AvgIpc) is 2.79. The van der Waals surface area contributed by atoms with Crippen LogP contribution < -0.4 is 5.32 Å². The van der Waals surface area contributed by atoms with Crippen LogP contribution in [0.25, 0.3) is 0 Å². The van der Waals surface area contributed by atoms with Crippen molar-refractivity contribution in [1.29, 1.82) is 0 Å². The van der Waals surface area contributed by atoms with Gasteiger partial charge >= 0.3 is 0 Å². The molecule has 1 aromatic carbocycles. The van der Waals surface area contributed by atoms with Crippen LogP contribution in [0.3, 0.4) is 0 Å². The van der Waals surface area contributed by atoms with Gasteiger partial charge in [-0.1, -0.05) is 30.3 Å². The fraction of sp³-hybridized carbons (Fsp3) is 0.538. The Morgan fingerprint density at radius 3 is 2.61 bits per heavy atom. The highest BCUT2D eigenvalue weighted by Crippen LogP contribution is 2.34. The Kier molecular flexibility index (Phi) is 4.04. The molecule has 2 rings (SSSR count). The van der Waals surface area contributed by atoms with E-state index in [9.17, 15) is 8.42 Å². The Hall–Kier alpha value is -0.910. The van der Waals surface area contributed by atoms with Gasteiger partial charge in [0.15, 0.2) is 0 Å². The predicted molar refractivity (Wildman–Crippen MR) is 71.0 cm³/mol. The van der Waals surface area contributed by atoms with Crippen molar-refractivity contribution in [1.82, 2.24) is 5.32 Å². The molecule has 0 aliphatic carbocycles. The van der Waals surface area contributed by atoms with Crippen molar-refractivity contribution in [3.63, 3.8) is 0 Å². The van der Waals surface area contributed by atoms with Gasteiger partial charge in [0, 0.05) is 12.0 Å². The van der Waals surface area contributed by atoms with E-state index in [2.05, 4.69) is 17.4 Å². The number of rotatable bonds is 5. The van der Waals surface area contributed by atoms with Gasteiger partial charge in [0.1, 0.15) is 0 Å². The highest BCUT2D eigenvalue weighted by Gasteiger charge is 2.35. The molecule has 5 heteroatoms. The van der Waals surface area contributed by atoms with Crippen LogP contribution in [0.5, 0.6) is 0 Å². The SMILES string of the molecule is CS(=O)(=O)OCCC1(c2ccccc2)CCNC1. The van der Waals surface area contributed by atoms with Gasteiger partial charge in [-0.25, -0.2) is 0 Å². The van der Waals surface area contributed by atoms with Crippen molar-refractivity contribution in [2.24, 2.45) is 0 Å². The highest BCUT2D eigenvalue weighted by atomic mass is 32.2. The Bertz CT molecular complexity index is 478. The van der Waals surface area contributed by atoms with Gasteiger partial charge in [-0.15, -0.1) is 0 Å². The molecule has 0 saturated carbocycles. The largest absolute Gasteiger partial charge is 0.316 e. The maximum Gasteiger partial charge on any atom is 0.264 e. The topological polar surface area (TPSA) is 55.4 Å². The van der Waals surface area contributed by atoms with Gasteiger partial charge < -0.3 is 5.32 Å². The van der Waals surface area contributed by atoms with E-state index < -0.39 is 10.1 Å². The third-order valence-electron chi connectivity index (χ3n) is 3.51. The molecule has 0 radical (unpaired) electrons. The quantitative estimate of drug-likeness (QED) is 0.818. The fourth-order valence-corrected chi connectivity index (χ4v) is 2.91. The van der Waals surface area contributed by atoms with Crippen LogP contribution in [0.4, 0.5) is 0 Å². The molecule has 1 atom stereocenters. The van der Waals surface area contributed by atoms with Gasteiger partial charge in [-0.3, -0.25) is 4.18 Å². The van der Waals surface area contributed by atoms with E-state index in [1.165, 1.54) is 5.56 Å². The summed E-state index contributed by atoms with van der Waals surface area (Å²) in [5, 5.41) is 3.35. The summed E-state index contributed by atoms with van der Waals surface area (Å²) in [6, 6.07) is 10.2. The van der Waals surface area contributed by atoms with Crippen molar-refractivity contribution >= 4 is 10.1 Å². The van der Waals surface area contributed by atoms with Crippen LogP contribution in [0.15, 0.2) is 30.3 Å². The van der Waals surface area contributed by atoms with Crippen LogP contribution in [0.1, 0.15) is 18.4 Å². The maximum atomic E-state index is 11.0. The molecule has 0 aromatic heterocycles. The summed E-state index contributed by atoms with van der Waals surface area (Å²) in [6.07, 6.45) is 2.83. The highest BCUT2D eigenvalue weighted by molar-refractivity contribution is 7.85. The summed E-state index contributed by atoms with van der Waals surface area (Å²) >= 11 is 0. The lowest BCUT2D eigenvalue weighted by atomic mass is 9.77. The Morgan fingerprint density at radius 2 is 2.06 bits per heavy atom. The van der Waals surface area contributed by atoms with Crippen LogP contribution in [-0.4, -0.2) is 34.4 Å². The fourth-order valence-electron chi connectivity index (χ4n) is 2.53. The van der Waals surface area contributed by atoms with E-state index in [1.807, 2.05) is 18.2 Å². The molecule has 0 amide bonds. The number of benzene rings is 1. The molecule has 1 unspecified atom stereocenters. The van der Waals surface area contributed by atoms with Crippen molar-refractivity contribution < 1.29 is 12.6 Å². The van der Waals surface area contributed by atoms with E-state index in [1.54, 1.807) is 0 Å². The molecule has 1 aliphatic rings. The Balaban J connectivity index is 2.09. The summed E-state index contributed by atoms with van der Waals surface area (Å²) in [4.78, 5) is 0. The molecule has 1 heterocycles. The summed E-state index contributed by atoms with van der Waals surface area (Å²) < 4.78 is 26.9. The minimum atomic E-state index is -3.35. The van der Waals surface area contributed by atoms with E-state index >= 15 is 0 Å². The summed E-state index contributed by atoms with van der Waals surface area (Å²) in [5.41, 5.74) is 1.26. The van der Waals surface area contributed by atoms with Crippen molar-refractivity contribution in [2.45, 2.75) is 18.3 Å². The summed E-state index contributed by atoms with van der Waals surface area (Å²) in [6.45, 7) is 2.09. The smallest absolute Gasteiger partial charge is 0.264 e. The summed E-state index contributed by atoms with van der Waals surface area (Å²) in [7, 11) is -3.35. The molecule has 18 heavy (non-hydrogen) atoms. The zero-order chi connectivity index (χ0) is 13.1. The van der Waals surface area contributed by atoms with Crippen LogP contribution in [-0.2, 0) is 19.7 Å². The third kappa shape index (κ3) is 3.31. The number of nitrogens with one attached hydrogen (secondary N) is 1. The normalized spacial score (nSPS) is 24.3. The molecular weight excluding hydrogens is 250 g/mol. The first-order valence-electron chi connectivity index (χ1n) is 6.13. The molecular formula is C13H19NO3S. The second kappa shape index (κ2) is 5.38. The first-order valence-corrected chi connectivity index (χ1v) is 7.94. The molecule has 4 nitrogen and oxygen atoms in total. The van der Waals surface area contributed by atoms with Crippen molar-refractivity contribution in [2.75, 3.05) is 26.0 Å². The number of hydrogen-bond acceptors (Lipinski definition) is 4. The third-order valence-corrected chi connectivity index (χ3v) is 4.10. The monoisotopic (exact) mass is 269 g/mol. The van der Waals surface area contributed by atoms with Crippen molar-refractivity contribution in [3.8, 4) is 0 Å². The minimum Gasteiger partial charge on any atom is -0.316 e. The van der Waals surface area contributed by atoms with Crippen LogP contribution in [0, 0.1) is 0 Å². The van der Waals surface area contributed by atoms with E-state index in [0.29, 0.717) is 0 Å². The Morgan fingerprint density at radius 1 is 1.33 bits per heavy atom. The second-order valence-electron chi connectivity index (χ2n) is 4.85. The van der Waals surface area contributed by atoms with E-state index in [-0.39, 0.29) is 12.0 Å². The minimum absolute atomic E-state index is 0.00590. The summed E-state index contributed by atoms with van der Waals surface area (Å²) in [5.74, 6) is 0. The van der Waals surface area contributed by atoms with Gasteiger partial charge in [0.25, 0.3) is 10.1 Å². The molecule has 1 N–H and O–H groups in total.